The third kappa shape index (κ3) is 4.43. The summed E-state index contributed by atoms with van der Waals surface area (Å²) in [5.74, 6) is 1.20. The molecule has 1 atom stereocenters. The molecule has 0 saturated carbocycles. The summed E-state index contributed by atoms with van der Waals surface area (Å²) in [7, 11) is 1.60. The lowest BCUT2D eigenvalue weighted by atomic mass is 10.0. The molecule has 0 bridgehead atoms. The van der Waals surface area contributed by atoms with Crippen molar-refractivity contribution in [1.82, 2.24) is 9.88 Å². The second-order valence-electron chi connectivity index (χ2n) is 7.02. The van der Waals surface area contributed by atoms with Crippen LogP contribution in [0.1, 0.15) is 46.2 Å². The Bertz CT molecular complexity index is 944. The van der Waals surface area contributed by atoms with Gasteiger partial charge in [-0.25, -0.2) is 4.98 Å². The number of nitrogens with zero attached hydrogens (tertiary/aromatic N) is 2. The van der Waals surface area contributed by atoms with Gasteiger partial charge >= 0.3 is 0 Å². The summed E-state index contributed by atoms with van der Waals surface area (Å²) in [6.07, 6.45) is 4.89. The maximum absolute atomic E-state index is 13.3. The number of rotatable bonds is 6. The lowest BCUT2D eigenvalue weighted by molar-refractivity contribution is 0.0610. The van der Waals surface area contributed by atoms with Gasteiger partial charge in [-0.1, -0.05) is 30.3 Å². The van der Waals surface area contributed by atoms with E-state index in [2.05, 4.69) is 4.98 Å². The molecule has 2 aromatic carbocycles. The number of ether oxygens (including phenoxy) is 2. The van der Waals surface area contributed by atoms with Gasteiger partial charge in [-0.15, -0.1) is 11.3 Å². The fourth-order valence-electron chi connectivity index (χ4n) is 3.65. The number of hydrogen-bond acceptors (Lipinski definition) is 5. The van der Waals surface area contributed by atoms with Gasteiger partial charge in [0.2, 0.25) is 0 Å². The summed E-state index contributed by atoms with van der Waals surface area (Å²) in [6.45, 7) is 1.19. The predicted molar refractivity (Wildman–Crippen MR) is 114 cm³/mol. The molecule has 150 valence electrons. The molecule has 1 saturated heterocycles. The Morgan fingerprint density at radius 1 is 1.17 bits per heavy atom. The zero-order valence-corrected chi connectivity index (χ0v) is 17.2. The molecule has 4 rings (SSSR count). The van der Waals surface area contributed by atoms with Crippen molar-refractivity contribution in [3.8, 4) is 11.5 Å². The van der Waals surface area contributed by atoms with Gasteiger partial charge in [0.15, 0.2) is 11.5 Å². The highest BCUT2D eigenvalue weighted by atomic mass is 32.1. The minimum absolute atomic E-state index is 0.0119. The summed E-state index contributed by atoms with van der Waals surface area (Å²) in [6, 6.07) is 15.4. The Labute approximate surface area is 174 Å². The largest absolute Gasteiger partial charge is 0.493 e. The Hall–Kier alpha value is -2.86. The number of likely N-dealkylation sites (tertiary alicyclic amines) is 1. The number of carbonyl (C=O) groups excluding carboxylic acids is 1. The zero-order valence-electron chi connectivity index (χ0n) is 16.4. The molecule has 0 radical (unpaired) electrons. The van der Waals surface area contributed by atoms with Crippen LogP contribution < -0.4 is 9.47 Å². The quantitative estimate of drug-likeness (QED) is 0.570. The Morgan fingerprint density at radius 3 is 2.79 bits per heavy atom. The number of hydrogen-bond donors (Lipinski definition) is 0. The highest BCUT2D eigenvalue weighted by molar-refractivity contribution is 7.09. The van der Waals surface area contributed by atoms with Crippen LogP contribution in [0.2, 0.25) is 0 Å². The highest BCUT2D eigenvalue weighted by Crippen LogP contribution is 2.35. The number of aromatic nitrogens is 1. The fraction of sp³-hybridized carbons (Fsp3) is 0.304. The molecule has 1 fully saturated rings. The third-order valence-electron chi connectivity index (χ3n) is 5.15. The predicted octanol–water partition coefficient (Wildman–Crippen LogP) is 5.10. The van der Waals surface area contributed by atoms with Gasteiger partial charge in [-0.3, -0.25) is 4.79 Å². The van der Waals surface area contributed by atoms with Crippen molar-refractivity contribution in [3.05, 3.63) is 76.2 Å². The van der Waals surface area contributed by atoms with Gasteiger partial charge in [-0.2, -0.15) is 0 Å². The number of benzene rings is 2. The summed E-state index contributed by atoms with van der Waals surface area (Å²) >= 11 is 1.61. The minimum atomic E-state index is 0.0119. The maximum Gasteiger partial charge on any atom is 0.254 e. The minimum Gasteiger partial charge on any atom is -0.493 e. The van der Waals surface area contributed by atoms with Gasteiger partial charge < -0.3 is 14.4 Å². The standard InChI is InChI=1S/C23H24N2O3S/c1-27-21-15-18(10-11-20(21)28-16-17-7-3-2-4-8-17)23(26)25-13-6-5-9-19(25)22-24-12-14-29-22/h2-4,7-8,10-12,14-15,19H,5-6,9,13,16H2,1H3. The smallest absolute Gasteiger partial charge is 0.254 e. The Kier molecular flexibility index (Phi) is 6.10. The van der Waals surface area contributed by atoms with Crippen LogP contribution >= 0.6 is 11.3 Å². The van der Waals surface area contributed by atoms with Crippen molar-refractivity contribution in [2.24, 2.45) is 0 Å². The first-order valence-electron chi connectivity index (χ1n) is 9.81. The Balaban J connectivity index is 1.52. The molecule has 0 aliphatic carbocycles. The van der Waals surface area contributed by atoms with E-state index in [1.54, 1.807) is 30.7 Å². The summed E-state index contributed by atoms with van der Waals surface area (Å²) in [5.41, 5.74) is 1.69. The van der Waals surface area contributed by atoms with E-state index in [1.165, 1.54) is 0 Å². The summed E-state index contributed by atoms with van der Waals surface area (Å²) in [4.78, 5) is 19.7. The van der Waals surface area contributed by atoms with E-state index >= 15 is 0 Å². The van der Waals surface area contributed by atoms with E-state index < -0.39 is 0 Å². The first-order valence-corrected chi connectivity index (χ1v) is 10.7. The van der Waals surface area contributed by atoms with E-state index in [9.17, 15) is 4.79 Å². The molecule has 2 heterocycles. The molecule has 1 unspecified atom stereocenters. The third-order valence-corrected chi connectivity index (χ3v) is 6.02. The van der Waals surface area contributed by atoms with Gasteiger partial charge in [0.05, 0.1) is 13.2 Å². The van der Waals surface area contributed by atoms with Gasteiger partial charge in [0.1, 0.15) is 11.6 Å². The average molecular weight is 409 g/mol. The molecule has 0 N–H and O–H groups in total. The monoisotopic (exact) mass is 408 g/mol. The maximum atomic E-state index is 13.3. The topological polar surface area (TPSA) is 51.7 Å². The zero-order chi connectivity index (χ0) is 20.1. The lowest BCUT2D eigenvalue weighted by Gasteiger charge is -2.34. The number of carbonyl (C=O) groups is 1. The van der Waals surface area contributed by atoms with E-state index in [-0.39, 0.29) is 11.9 Å². The Morgan fingerprint density at radius 2 is 2.03 bits per heavy atom. The van der Waals surface area contributed by atoms with Crippen molar-refractivity contribution >= 4 is 17.2 Å². The second kappa shape index (κ2) is 9.09. The molecule has 3 aromatic rings. The molecule has 5 nitrogen and oxygen atoms in total. The van der Waals surface area contributed by atoms with Crippen molar-refractivity contribution in [3.63, 3.8) is 0 Å². The van der Waals surface area contributed by atoms with Crippen LogP contribution in [0.4, 0.5) is 0 Å². The summed E-state index contributed by atoms with van der Waals surface area (Å²) < 4.78 is 11.4. The first-order chi connectivity index (χ1) is 14.3. The van der Waals surface area contributed by atoms with Crippen LogP contribution in [0, 0.1) is 0 Å². The highest BCUT2D eigenvalue weighted by Gasteiger charge is 2.30. The van der Waals surface area contributed by atoms with Crippen LogP contribution in [0.15, 0.2) is 60.1 Å². The molecule has 1 aliphatic heterocycles. The molecule has 1 aliphatic rings. The van der Waals surface area contributed by atoms with Crippen LogP contribution in [0.3, 0.4) is 0 Å². The number of piperidine rings is 1. The van der Waals surface area contributed by atoms with Crippen LogP contribution in [-0.4, -0.2) is 29.4 Å². The van der Waals surface area contributed by atoms with Gasteiger partial charge in [0, 0.05) is 23.7 Å². The van der Waals surface area contributed by atoms with Crippen molar-refractivity contribution in [1.29, 1.82) is 0 Å². The fourth-order valence-corrected chi connectivity index (χ4v) is 4.44. The van der Waals surface area contributed by atoms with Crippen LogP contribution in [0.25, 0.3) is 0 Å². The normalized spacial score (nSPS) is 16.4. The van der Waals surface area contributed by atoms with Crippen molar-refractivity contribution in [2.45, 2.75) is 31.9 Å². The van der Waals surface area contributed by atoms with E-state index in [1.807, 2.05) is 52.7 Å². The SMILES string of the molecule is COc1cc(C(=O)N2CCCCC2c2nccs2)ccc1OCc1ccccc1. The molecule has 29 heavy (non-hydrogen) atoms. The van der Waals surface area contributed by atoms with Gasteiger partial charge in [-0.05, 0) is 43.0 Å². The van der Waals surface area contributed by atoms with Crippen LogP contribution in [-0.2, 0) is 6.61 Å². The molecular formula is C23H24N2O3S. The van der Waals surface area contributed by atoms with E-state index in [0.717, 1.165) is 36.4 Å². The summed E-state index contributed by atoms with van der Waals surface area (Å²) in [5, 5.41) is 2.97. The number of methoxy groups -OCH3 is 1. The van der Waals surface area contributed by atoms with Crippen LogP contribution in [0.5, 0.6) is 11.5 Å². The van der Waals surface area contributed by atoms with Gasteiger partial charge in [0.25, 0.3) is 5.91 Å². The number of thiazole rings is 1. The van der Waals surface area contributed by atoms with E-state index in [4.69, 9.17) is 9.47 Å². The van der Waals surface area contributed by atoms with Crippen molar-refractivity contribution in [2.75, 3.05) is 13.7 Å². The molecule has 6 heteroatoms. The van der Waals surface area contributed by atoms with E-state index in [0.29, 0.717) is 23.7 Å². The number of amides is 1. The second-order valence-corrected chi connectivity index (χ2v) is 7.95. The van der Waals surface area contributed by atoms with Crippen molar-refractivity contribution < 1.29 is 14.3 Å². The molecular weight excluding hydrogens is 384 g/mol. The lowest BCUT2D eigenvalue weighted by Crippen LogP contribution is -2.38. The average Bonchev–Trinajstić information content (AvgIpc) is 3.32. The molecule has 1 aromatic heterocycles. The first kappa shape index (κ1) is 19.5. The molecule has 0 spiro atoms. The molecule has 1 amide bonds.